The number of ketones is 1. The van der Waals surface area contributed by atoms with Crippen LogP contribution < -0.4 is 10.2 Å². The summed E-state index contributed by atoms with van der Waals surface area (Å²) in [6.45, 7) is 1.18. The van der Waals surface area contributed by atoms with Crippen molar-refractivity contribution in [2.24, 2.45) is 0 Å². The van der Waals surface area contributed by atoms with Crippen LogP contribution in [0.5, 0.6) is 5.75 Å². The Morgan fingerprint density at radius 3 is 2.17 bits per heavy atom. The lowest BCUT2D eigenvalue weighted by atomic mass is 10.1. The van der Waals surface area contributed by atoms with Gasteiger partial charge < -0.3 is 9.47 Å². The Morgan fingerprint density at radius 2 is 1.60 bits per heavy atom. The third-order valence-corrected chi connectivity index (χ3v) is 4.09. The number of fused-ring (bicyclic) bond motifs is 1. The van der Waals surface area contributed by atoms with Crippen molar-refractivity contribution in [2.75, 3.05) is 13.7 Å². The molecule has 3 aromatic rings. The predicted octanol–water partition coefficient (Wildman–Crippen LogP) is 2.70. The molecular formula is C19H12F4N2O5. The van der Waals surface area contributed by atoms with E-state index in [-0.39, 0.29) is 12.3 Å². The number of benzene rings is 2. The fourth-order valence-corrected chi connectivity index (χ4v) is 2.69. The van der Waals surface area contributed by atoms with Gasteiger partial charge in [0.15, 0.2) is 29.0 Å². The maximum absolute atomic E-state index is 14.5. The summed E-state index contributed by atoms with van der Waals surface area (Å²) >= 11 is 0. The van der Waals surface area contributed by atoms with Gasteiger partial charge in [0.05, 0.1) is 24.8 Å². The Bertz CT molecular complexity index is 1240. The molecule has 0 saturated heterocycles. The molecule has 0 saturated carbocycles. The number of esters is 1. The third-order valence-electron chi connectivity index (χ3n) is 4.09. The molecule has 0 N–H and O–H groups in total. The predicted molar refractivity (Wildman–Crippen MR) is 94.7 cm³/mol. The van der Waals surface area contributed by atoms with Gasteiger partial charge in [-0.2, -0.15) is 5.10 Å². The van der Waals surface area contributed by atoms with Crippen LogP contribution in [0.2, 0.25) is 0 Å². The van der Waals surface area contributed by atoms with Crippen molar-refractivity contribution in [1.29, 1.82) is 0 Å². The number of carbonyl (C=O) groups is 2. The molecule has 11 heteroatoms. The van der Waals surface area contributed by atoms with Crippen LogP contribution in [0.15, 0.2) is 29.1 Å². The Hall–Kier alpha value is -3.76. The molecule has 1 aromatic heterocycles. The number of hydrogen-bond donors (Lipinski definition) is 0. The number of methoxy groups -OCH3 is 1. The molecule has 2 aromatic carbocycles. The lowest BCUT2D eigenvalue weighted by Gasteiger charge is -2.14. The fourth-order valence-electron chi connectivity index (χ4n) is 2.69. The summed E-state index contributed by atoms with van der Waals surface area (Å²) in [4.78, 5) is 36.6. The monoisotopic (exact) mass is 424 g/mol. The summed E-state index contributed by atoms with van der Waals surface area (Å²) in [6, 6.07) is 5.30. The standard InChI is InChI=1S/C19H12F4N2O5/c1-3-30-19(28)18(27)15-17(26)10-11(20)12(21)13(22)14(23)16(10)25(24-15)8-4-6-9(29-2)7-5-8/h4-7H,3H2,1-2H3. The van der Waals surface area contributed by atoms with Gasteiger partial charge in [-0.05, 0) is 31.2 Å². The molecule has 0 spiro atoms. The maximum Gasteiger partial charge on any atom is 0.381 e. The van der Waals surface area contributed by atoms with Gasteiger partial charge in [-0.25, -0.2) is 27.0 Å². The SMILES string of the molecule is CCOC(=O)C(=O)c1nn(-c2ccc(OC)cc2)c2c(F)c(F)c(F)c(F)c2c1=O. The molecule has 0 amide bonds. The van der Waals surface area contributed by atoms with Crippen LogP contribution in [0.25, 0.3) is 16.6 Å². The molecule has 0 aliphatic rings. The van der Waals surface area contributed by atoms with Gasteiger partial charge in [-0.1, -0.05) is 0 Å². The van der Waals surface area contributed by atoms with E-state index in [1.807, 2.05) is 0 Å². The lowest BCUT2D eigenvalue weighted by Crippen LogP contribution is -2.30. The van der Waals surface area contributed by atoms with Crippen molar-refractivity contribution in [2.45, 2.75) is 6.92 Å². The second-order valence-corrected chi connectivity index (χ2v) is 5.82. The van der Waals surface area contributed by atoms with Crippen molar-refractivity contribution in [1.82, 2.24) is 9.78 Å². The van der Waals surface area contributed by atoms with Crippen LogP contribution in [0.1, 0.15) is 17.4 Å². The molecule has 0 aliphatic heterocycles. The van der Waals surface area contributed by atoms with Gasteiger partial charge in [0.25, 0.3) is 5.78 Å². The first-order chi connectivity index (χ1) is 14.2. The summed E-state index contributed by atoms with van der Waals surface area (Å²) in [7, 11) is 1.37. The van der Waals surface area contributed by atoms with Crippen LogP contribution in [0.4, 0.5) is 17.6 Å². The van der Waals surface area contributed by atoms with Gasteiger partial charge in [0, 0.05) is 0 Å². The molecule has 0 unspecified atom stereocenters. The van der Waals surface area contributed by atoms with Crippen LogP contribution in [0.3, 0.4) is 0 Å². The second-order valence-electron chi connectivity index (χ2n) is 5.82. The van der Waals surface area contributed by atoms with Crippen LogP contribution >= 0.6 is 0 Å². The number of Topliss-reactive ketones (excluding diaryl/α,β-unsaturated/α-hetero) is 1. The van der Waals surface area contributed by atoms with E-state index in [1.165, 1.54) is 38.3 Å². The molecule has 156 valence electrons. The molecule has 0 atom stereocenters. The molecule has 1 heterocycles. The summed E-state index contributed by atoms with van der Waals surface area (Å²) in [5.74, 6) is -11.0. The van der Waals surface area contributed by atoms with Crippen molar-refractivity contribution in [3.05, 3.63) is 63.5 Å². The maximum atomic E-state index is 14.5. The average Bonchev–Trinajstić information content (AvgIpc) is 2.75. The number of aromatic nitrogens is 2. The van der Waals surface area contributed by atoms with Crippen molar-refractivity contribution < 1.29 is 36.6 Å². The quantitative estimate of drug-likeness (QED) is 0.156. The highest BCUT2D eigenvalue weighted by atomic mass is 19.2. The van der Waals surface area contributed by atoms with Crippen LogP contribution in [-0.4, -0.2) is 35.2 Å². The molecule has 0 aliphatic carbocycles. The Kier molecular flexibility index (Phi) is 5.54. The number of halogens is 4. The Labute approximate surface area is 165 Å². The third kappa shape index (κ3) is 3.27. The molecular weight excluding hydrogens is 412 g/mol. The van der Waals surface area contributed by atoms with E-state index in [9.17, 15) is 31.9 Å². The minimum absolute atomic E-state index is 0.0667. The highest BCUT2D eigenvalue weighted by Crippen LogP contribution is 2.27. The van der Waals surface area contributed by atoms with Crippen molar-refractivity contribution >= 4 is 22.7 Å². The van der Waals surface area contributed by atoms with Gasteiger partial charge >= 0.3 is 5.97 Å². The highest BCUT2D eigenvalue weighted by Gasteiger charge is 2.31. The van der Waals surface area contributed by atoms with E-state index in [0.29, 0.717) is 10.4 Å². The molecule has 30 heavy (non-hydrogen) atoms. The smallest absolute Gasteiger partial charge is 0.381 e. The summed E-state index contributed by atoms with van der Waals surface area (Å²) < 4.78 is 66.6. The summed E-state index contributed by atoms with van der Waals surface area (Å²) in [5.41, 5.74) is -3.87. The first-order valence-electron chi connectivity index (χ1n) is 8.37. The van der Waals surface area contributed by atoms with Gasteiger partial charge in [-0.3, -0.25) is 9.59 Å². The Balaban J connectivity index is 2.46. The molecule has 0 fully saturated rings. The van der Waals surface area contributed by atoms with Crippen molar-refractivity contribution in [3.8, 4) is 11.4 Å². The Morgan fingerprint density at radius 1 is 1.00 bits per heavy atom. The second kappa shape index (κ2) is 7.93. The molecule has 0 radical (unpaired) electrons. The van der Waals surface area contributed by atoms with E-state index in [0.717, 1.165) is 0 Å². The highest BCUT2D eigenvalue weighted by molar-refractivity contribution is 6.40. The zero-order valence-electron chi connectivity index (χ0n) is 15.5. The van der Waals surface area contributed by atoms with Crippen LogP contribution in [-0.2, 0) is 9.53 Å². The number of ether oxygens (including phenoxy) is 2. The fraction of sp³-hybridized carbons (Fsp3) is 0.158. The first kappa shape index (κ1) is 21.0. The van der Waals surface area contributed by atoms with Gasteiger partial charge in [0.2, 0.25) is 5.43 Å². The van der Waals surface area contributed by atoms with E-state index in [4.69, 9.17) is 4.74 Å². The van der Waals surface area contributed by atoms with E-state index < -0.39 is 57.0 Å². The minimum Gasteiger partial charge on any atom is -0.497 e. The lowest BCUT2D eigenvalue weighted by molar-refractivity contribution is -0.137. The van der Waals surface area contributed by atoms with Crippen LogP contribution in [0, 0.1) is 23.3 Å². The normalized spacial score (nSPS) is 10.9. The average molecular weight is 424 g/mol. The summed E-state index contributed by atoms with van der Waals surface area (Å²) in [5, 5.41) is 2.33. The number of nitrogens with zero attached hydrogens (tertiary/aromatic N) is 2. The van der Waals surface area contributed by atoms with E-state index >= 15 is 0 Å². The number of hydrogen-bond acceptors (Lipinski definition) is 6. The van der Waals surface area contributed by atoms with Gasteiger partial charge in [-0.15, -0.1) is 0 Å². The minimum atomic E-state index is -2.25. The zero-order valence-corrected chi connectivity index (χ0v) is 15.5. The largest absolute Gasteiger partial charge is 0.497 e. The van der Waals surface area contributed by atoms with E-state index in [1.54, 1.807) is 0 Å². The number of rotatable bonds is 5. The van der Waals surface area contributed by atoms with E-state index in [2.05, 4.69) is 9.84 Å². The topological polar surface area (TPSA) is 87.5 Å². The molecule has 3 rings (SSSR count). The first-order valence-corrected chi connectivity index (χ1v) is 8.37. The molecule has 0 bridgehead atoms. The molecule has 7 nitrogen and oxygen atoms in total. The zero-order chi connectivity index (χ0) is 22.2. The summed E-state index contributed by atoms with van der Waals surface area (Å²) in [6.07, 6.45) is 0. The number of carbonyl (C=O) groups excluding carboxylic acids is 2. The van der Waals surface area contributed by atoms with Crippen molar-refractivity contribution in [3.63, 3.8) is 0 Å². The van der Waals surface area contributed by atoms with Gasteiger partial charge in [0.1, 0.15) is 11.3 Å².